The predicted octanol–water partition coefficient (Wildman–Crippen LogP) is 3.87. The van der Waals surface area contributed by atoms with Gasteiger partial charge in [-0.3, -0.25) is 0 Å². The summed E-state index contributed by atoms with van der Waals surface area (Å²) < 4.78 is 28.4. The lowest BCUT2D eigenvalue weighted by molar-refractivity contribution is 0.229. The van der Waals surface area contributed by atoms with Gasteiger partial charge in [0.25, 0.3) is 0 Å². The number of aliphatic hydroxyl groups excluding tert-OH is 1. The van der Waals surface area contributed by atoms with Gasteiger partial charge in [-0.2, -0.15) is 0 Å². The van der Waals surface area contributed by atoms with Crippen LogP contribution in [0.2, 0.25) is 4.34 Å². The van der Waals surface area contributed by atoms with E-state index in [9.17, 15) is 13.5 Å². The Kier molecular flexibility index (Phi) is 6.83. The zero-order valence-electron chi connectivity index (χ0n) is 13.6. The van der Waals surface area contributed by atoms with E-state index in [0.29, 0.717) is 10.3 Å². The van der Waals surface area contributed by atoms with Crippen LogP contribution in [0.25, 0.3) is 0 Å². The summed E-state index contributed by atoms with van der Waals surface area (Å²) in [6.07, 6.45) is 0.767. The highest BCUT2D eigenvalue weighted by Gasteiger charge is 2.29. The summed E-state index contributed by atoms with van der Waals surface area (Å²) in [5, 5.41) is 9.84. The molecule has 2 unspecified atom stereocenters. The zero-order chi connectivity index (χ0) is 17.7. The maximum Gasteiger partial charge on any atom is 0.250 e. The second kappa shape index (κ2) is 8.45. The third kappa shape index (κ3) is 5.04. The van der Waals surface area contributed by atoms with Crippen LogP contribution in [0.4, 0.5) is 0 Å². The summed E-state index contributed by atoms with van der Waals surface area (Å²) in [5.74, 6) is 0.256. The van der Waals surface area contributed by atoms with Crippen LogP contribution in [0.5, 0.6) is 0 Å². The number of hydrogen-bond acceptors (Lipinski definition) is 4. The number of sulfonamides is 1. The van der Waals surface area contributed by atoms with E-state index in [1.807, 2.05) is 30.3 Å². The summed E-state index contributed by atoms with van der Waals surface area (Å²) in [6, 6.07) is 12.1. The molecule has 0 spiro atoms. The molecule has 2 atom stereocenters. The van der Waals surface area contributed by atoms with Gasteiger partial charge >= 0.3 is 0 Å². The maximum absolute atomic E-state index is 12.6. The fraction of sp³-hybridized carbons (Fsp3) is 0.412. The Hall–Kier alpha value is -0.920. The number of halogens is 1. The molecule has 0 aliphatic rings. The standard InChI is InChI=1S/C17H22ClNO3S2/c1-12(2)10-14(13-6-4-3-5-7-13)15(11-20)19-24(21,22)17-9-8-16(18)23-17/h3-9,12,14-15,19-20H,10-11H2,1-2H3. The molecule has 24 heavy (non-hydrogen) atoms. The van der Waals surface area contributed by atoms with Gasteiger partial charge in [-0.15, -0.1) is 11.3 Å². The Morgan fingerprint density at radius 2 is 1.83 bits per heavy atom. The third-order valence-electron chi connectivity index (χ3n) is 3.76. The highest BCUT2D eigenvalue weighted by Crippen LogP contribution is 2.30. The molecule has 0 aliphatic heterocycles. The van der Waals surface area contributed by atoms with Crippen molar-refractivity contribution in [3.05, 3.63) is 52.4 Å². The van der Waals surface area contributed by atoms with Crippen LogP contribution in [0.3, 0.4) is 0 Å². The van der Waals surface area contributed by atoms with Gasteiger partial charge in [0.05, 0.1) is 17.0 Å². The molecule has 0 radical (unpaired) electrons. The van der Waals surface area contributed by atoms with Crippen molar-refractivity contribution in [2.24, 2.45) is 5.92 Å². The number of thiophene rings is 1. The zero-order valence-corrected chi connectivity index (χ0v) is 16.0. The lowest BCUT2D eigenvalue weighted by Gasteiger charge is -2.28. The van der Waals surface area contributed by atoms with Crippen LogP contribution in [0, 0.1) is 5.92 Å². The van der Waals surface area contributed by atoms with Crippen molar-refractivity contribution in [1.82, 2.24) is 4.72 Å². The number of hydrogen-bond donors (Lipinski definition) is 2. The molecule has 132 valence electrons. The Morgan fingerprint density at radius 1 is 1.17 bits per heavy atom. The lowest BCUT2D eigenvalue weighted by Crippen LogP contribution is -2.42. The number of aliphatic hydroxyl groups is 1. The Labute approximate surface area is 152 Å². The molecule has 4 nitrogen and oxygen atoms in total. The molecule has 0 fully saturated rings. The second-order valence-corrected chi connectivity index (χ2v) is 9.77. The molecule has 2 N–H and O–H groups in total. The third-order valence-corrected chi connectivity index (χ3v) is 6.97. The lowest BCUT2D eigenvalue weighted by atomic mass is 9.85. The van der Waals surface area contributed by atoms with E-state index < -0.39 is 16.1 Å². The maximum atomic E-state index is 12.6. The first-order valence-corrected chi connectivity index (χ1v) is 10.4. The summed E-state index contributed by atoms with van der Waals surface area (Å²) >= 11 is 6.84. The summed E-state index contributed by atoms with van der Waals surface area (Å²) in [5.41, 5.74) is 1.01. The molecule has 1 aromatic heterocycles. The number of nitrogens with one attached hydrogen (secondary N) is 1. The Balaban J connectivity index is 2.29. The molecule has 0 aliphatic carbocycles. The molecular weight excluding hydrogens is 366 g/mol. The van der Waals surface area contributed by atoms with Crippen molar-refractivity contribution in [2.75, 3.05) is 6.61 Å². The average Bonchev–Trinajstić information content (AvgIpc) is 2.99. The van der Waals surface area contributed by atoms with E-state index in [1.165, 1.54) is 6.07 Å². The van der Waals surface area contributed by atoms with Crippen LogP contribution in [0.1, 0.15) is 31.7 Å². The van der Waals surface area contributed by atoms with E-state index >= 15 is 0 Å². The first-order chi connectivity index (χ1) is 11.3. The van der Waals surface area contributed by atoms with Gasteiger partial charge in [-0.25, -0.2) is 13.1 Å². The molecule has 1 aromatic carbocycles. The van der Waals surface area contributed by atoms with Crippen molar-refractivity contribution in [2.45, 2.75) is 36.4 Å². The first-order valence-electron chi connectivity index (χ1n) is 7.77. The topological polar surface area (TPSA) is 66.4 Å². The molecular formula is C17H22ClNO3S2. The van der Waals surface area contributed by atoms with Gasteiger partial charge in [0.1, 0.15) is 4.21 Å². The Morgan fingerprint density at radius 3 is 2.33 bits per heavy atom. The van der Waals surface area contributed by atoms with Gasteiger partial charge in [-0.1, -0.05) is 55.8 Å². The minimum Gasteiger partial charge on any atom is -0.395 e. The van der Waals surface area contributed by atoms with Crippen molar-refractivity contribution < 1.29 is 13.5 Å². The monoisotopic (exact) mass is 387 g/mol. The smallest absolute Gasteiger partial charge is 0.250 e. The van der Waals surface area contributed by atoms with Crippen LogP contribution in [-0.2, 0) is 10.0 Å². The Bertz CT molecular complexity index is 744. The van der Waals surface area contributed by atoms with Crippen LogP contribution >= 0.6 is 22.9 Å². The van der Waals surface area contributed by atoms with Gasteiger partial charge in [0.2, 0.25) is 10.0 Å². The number of benzene rings is 1. The van der Waals surface area contributed by atoms with Gasteiger partial charge in [0.15, 0.2) is 0 Å². The largest absolute Gasteiger partial charge is 0.395 e. The minimum absolute atomic E-state index is 0.110. The molecule has 2 rings (SSSR count). The quantitative estimate of drug-likeness (QED) is 0.722. The summed E-state index contributed by atoms with van der Waals surface area (Å²) in [7, 11) is -3.72. The molecule has 0 saturated carbocycles. The predicted molar refractivity (Wildman–Crippen MR) is 99.2 cm³/mol. The average molecular weight is 388 g/mol. The summed E-state index contributed by atoms with van der Waals surface area (Å²) in [4.78, 5) is 0. The van der Waals surface area contributed by atoms with E-state index in [-0.39, 0.29) is 16.7 Å². The van der Waals surface area contributed by atoms with Gasteiger partial charge < -0.3 is 5.11 Å². The van der Waals surface area contributed by atoms with E-state index in [0.717, 1.165) is 23.3 Å². The van der Waals surface area contributed by atoms with Crippen LogP contribution in [-0.4, -0.2) is 26.2 Å². The highest BCUT2D eigenvalue weighted by molar-refractivity contribution is 7.91. The molecule has 2 aromatic rings. The van der Waals surface area contributed by atoms with Crippen molar-refractivity contribution >= 4 is 33.0 Å². The summed E-state index contributed by atoms with van der Waals surface area (Å²) in [6.45, 7) is 3.89. The normalized spacial score (nSPS) is 14.7. The van der Waals surface area contributed by atoms with Crippen molar-refractivity contribution in [3.8, 4) is 0 Å². The van der Waals surface area contributed by atoms with Gasteiger partial charge in [-0.05, 0) is 30.0 Å². The van der Waals surface area contributed by atoms with E-state index in [1.54, 1.807) is 6.07 Å². The fourth-order valence-electron chi connectivity index (χ4n) is 2.69. The SMILES string of the molecule is CC(C)CC(c1ccccc1)C(CO)NS(=O)(=O)c1ccc(Cl)s1. The molecule has 1 heterocycles. The molecule has 0 bridgehead atoms. The first kappa shape index (κ1) is 19.4. The van der Waals surface area contributed by atoms with Crippen LogP contribution in [0.15, 0.2) is 46.7 Å². The molecule has 0 saturated heterocycles. The van der Waals surface area contributed by atoms with E-state index in [2.05, 4.69) is 18.6 Å². The van der Waals surface area contributed by atoms with Crippen molar-refractivity contribution in [1.29, 1.82) is 0 Å². The van der Waals surface area contributed by atoms with Crippen molar-refractivity contribution in [3.63, 3.8) is 0 Å². The molecule has 7 heteroatoms. The van der Waals surface area contributed by atoms with Gasteiger partial charge in [0, 0.05) is 5.92 Å². The fourth-order valence-corrected chi connectivity index (χ4v) is 5.45. The second-order valence-electron chi connectivity index (χ2n) is 6.12. The minimum atomic E-state index is -3.72. The molecule has 0 amide bonds. The van der Waals surface area contributed by atoms with E-state index in [4.69, 9.17) is 11.6 Å². The number of rotatable bonds is 8. The highest BCUT2D eigenvalue weighted by atomic mass is 35.5. The van der Waals surface area contributed by atoms with Crippen LogP contribution < -0.4 is 4.72 Å².